The lowest BCUT2D eigenvalue weighted by atomic mass is 10.7. The molecule has 0 rings (SSSR count). The zero-order chi connectivity index (χ0) is 9.56. The molecule has 0 aromatic carbocycles. The molecule has 4 nitrogen and oxygen atoms in total. The van der Waals surface area contributed by atoms with Crippen LogP contribution in [0.15, 0.2) is 0 Å². The van der Waals surface area contributed by atoms with Crippen LogP contribution in [0.3, 0.4) is 0 Å². The Labute approximate surface area is 75.6 Å². The molecule has 0 N–H and O–H groups in total. The fourth-order valence-electron chi connectivity index (χ4n) is 0.521. The summed E-state index contributed by atoms with van der Waals surface area (Å²) in [5.74, 6) is -0.747. The molecule has 0 spiro atoms. The van der Waals surface area contributed by atoms with E-state index in [9.17, 15) is 9.59 Å². The quantitative estimate of drug-likeness (QED) is 0.487. The van der Waals surface area contributed by atoms with Crippen molar-refractivity contribution in [1.29, 1.82) is 0 Å². The second-order valence-corrected chi connectivity index (χ2v) is 3.07. The molecule has 5 heteroatoms. The fraction of sp³-hybridized carbons (Fsp3) is 0.714. The first-order valence-corrected chi connectivity index (χ1v) is 4.68. The fourth-order valence-corrected chi connectivity index (χ4v) is 0.957. The van der Waals surface area contributed by atoms with Crippen molar-refractivity contribution in [3.8, 4) is 0 Å². The minimum atomic E-state index is -0.397. The van der Waals surface area contributed by atoms with Crippen LogP contribution in [0.25, 0.3) is 0 Å². The molecule has 0 aliphatic carbocycles. The molecule has 0 aromatic rings. The van der Waals surface area contributed by atoms with Gasteiger partial charge in [-0.15, -0.1) is 11.8 Å². The van der Waals surface area contributed by atoms with Gasteiger partial charge in [0.25, 0.3) is 0 Å². The number of esters is 2. The van der Waals surface area contributed by atoms with Crippen molar-refractivity contribution in [1.82, 2.24) is 0 Å². The Morgan fingerprint density at radius 3 is 2.25 bits per heavy atom. The van der Waals surface area contributed by atoms with Crippen molar-refractivity contribution < 1.29 is 19.1 Å². The van der Waals surface area contributed by atoms with Gasteiger partial charge in [-0.25, -0.2) is 0 Å². The summed E-state index contributed by atoms with van der Waals surface area (Å²) in [6.45, 7) is 2.73. The molecule has 0 bridgehead atoms. The van der Waals surface area contributed by atoms with Gasteiger partial charge in [0, 0.05) is 13.8 Å². The largest absolute Gasteiger partial charge is 0.461 e. The van der Waals surface area contributed by atoms with Crippen molar-refractivity contribution in [2.24, 2.45) is 0 Å². The summed E-state index contributed by atoms with van der Waals surface area (Å²) in [7, 11) is 0. The SMILES string of the molecule is CSC(COC(C)=O)OC(C)=O. The first-order chi connectivity index (χ1) is 5.56. The molecule has 0 fully saturated rings. The lowest BCUT2D eigenvalue weighted by molar-refractivity contribution is -0.151. The molecule has 0 heterocycles. The van der Waals surface area contributed by atoms with Gasteiger partial charge in [0.15, 0.2) is 5.44 Å². The highest BCUT2D eigenvalue weighted by Crippen LogP contribution is 2.08. The summed E-state index contributed by atoms with van der Waals surface area (Å²) in [4.78, 5) is 20.9. The van der Waals surface area contributed by atoms with Crippen molar-refractivity contribution in [3.63, 3.8) is 0 Å². The predicted molar refractivity (Wildman–Crippen MR) is 45.7 cm³/mol. The molecule has 1 unspecified atom stereocenters. The van der Waals surface area contributed by atoms with Crippen LogP contribution in [0.5, 0.6) is 0 Å². The number of hydrogen-bond donors (Lipinski definition) is 0. The normalized spacial score (nSPS) is 11.9. The summed E-state index contributed by atoms with van der Waals surface area (Å²) in [6.07, 6.45) is 1.77. The topological polar surface area (TPSA) is 52.6 Å². The third kappa shape index (κ3) is 6.03. The Bertz CT molecular complexity index is 169. The van der Waals surface area contributed by atoms with Gasteiger partial charge >= 0.3 is 11.9 Å². The van der Waals surface area contributed by atoms with E-state index in [2.05, 4.69) is 4.74 Å². The van der Waals surface area contributed by atoms with Crippen LogP contribution in [0.4, 0.5) is 0 Å². The van der Waals surface area contributed by atoms with Crippen molar-refractivity contribution in [3.05, 3.63) is 0 Å². The number of ether oxygens (including phenoxy) is 2. The average Bonchev–Trinajstić information content (AvgIpc) is 1.97. The number of rotatable bonds is 4. The van der Waals surface area contributed by atoms with Crippen LogP contribution in [0.1, 0.15) is 13.8 Å². The molecular formula is C7H12O4S. The third-order valence-corrected chi connectivity index (χ3v) is 1.74. The Balaban J connectivity index is 3.67. The smallest absolute Gasteiger partial charge is 0.303 e. The second kappa shape index (κ2) is 5.88. The van der Waals surface area contributed by atoms with E-state index in [1.807, 2.05) is 0 Å². The summed E-state index contributed by atoms with van der Waals surface area (Å²) >= 11 is 1.32. The monoisotopic (exact) mass is 192 g/mol. The van der Waals surface area contributed by atoms with E-state index in [0.29, 0.717) is 0 Å². The van der Waals surface area contributed by atoms with E-state index < -0.39 is 5.44 Å². The molecule has 0 aliphatic heterocycles. The molecule has 0 saturated carbocycles. The maximum atomic E-state index is 10.5. The lowest BCUT2D eigenvalue weighted by Gasteiger charge is -2.13. The highest BCUT2D eigenvalue weighted by Gasteiger charge is 2.11. The summed E-state index contributed by atoms with van der Waals surface area (Å²) < 4.78 is 9.46. The van der Waals surface area contributed by atoms with Gasteiger partial charge in [0.05, 0.1) is 0 Å². The van der Waals surface area contributed by atoms with Crippen LogP contribution in [0.2, 0.25) is 0 Å². The minimum absolute atomic E-state index is 0.107. The van der Waals surface area contributed by atoms with Crippen molar-refractivity contribution in [2.45, 2.75) is 19.3 Å². The molecular weight excluding hydrogens is 180 g/mol. The highest BCUT2D eigenvalue weighted by molar-refractivity contribution is 7.99. The van der Waals surface area contributed by atoms with Crippen molar-refractivity contribution >= 4 is 23.7 Å². The third-order valence-electron chi connectivity index (χ3n) is 0.983. The molecule has 70 valence electrons. The zero-order valence-electron chi connectivity index (χ0n) is 7.33. The van der Waals surface area contributed by atoms with E-state index in [1.165, 1.54) is 25.6 Å². The van der Waals surface area contributed by atoms with Gasteiger partial charge in [-0.05, 0) is 6.26 Å². The Morgan fingerprint density at radius 2 is 1.92 bits per heavy atom. The van der Waals surface area contributed by atoms with Crippen LogP contribution in [0, 0.1) is 0 Å². The number of hydrogen-bond acceptors (Lipinski definition) is 5. The molecule has 0 radical (unpaired) electrons. The lowest BCUT2D eigenvalue weighted by Crippen LogP contribution is -2.19. The van der Waals surface area contributed by atoms with E-state index in [1.54, 1.807) is 6.26 Å². The van der Waals surface area contributed by atoms with E-state index >= 15 is 0 Å². The summed E-state index contributed by atoms with van der Waals surface area (Å²) in [5, 5.41) is 0. The zero-order valence-corrected chi connectivity index (χ0v) is 8.14. The Kier molecular flexibility index (Phi) is 5.53. The summed E-state index contributed by atoms with van der Waals surface area (Å²) in [6, 6.07) is 0. The molecule has 0 amide bonds. The minimum Gasteiger partial charge on any atom is -0.461 e. The van der Waals surface area contributed by atoms with Crippen molar-refractivity contribution in [2.75, 3.05) is 12.9 Å². The molecule has 12 heavy (non-hydrogen) atoms. The van der Waals surface area contributed by atoms with Gasteiger partial charge in [-0.1, -0.05) is 0 Å². The number of thioether (sulfide) groups is 1. The predicted octanol–water partition coefficient (Wildman–Crippen LogP) is 0.802. The Morgan fingerprint density at radius 1 is 1.33 bits per heavy atom. The number of carbonyl (C=O) groups is 2. The maximum absolute atomic E-state index is 10.5. The van der Waals surface area contributed by atoms with Crippen LogP contribution < -0.4 is 0 Å². The second-order valence-electron chi connectivity index (χ2n) is 2.08. The van der Waals surface area contributed by atoms with Gasteiger partial charge in [0.1, 0.15) is 6.61 Å². The standard InChI is InChI=1S/C7H12O4S/c1-5(8)10-4-7(12-3)11-6(2)9/h7H,4H2,1-3H3. The molecule has 0 aliphatic rings. The first kappa shape index (κ1) is 11.3. The van der Waals surface area contributed by atoms with E-state index in [0.717, 1.165) is 0 Å². The van der Waals surface area contributed by atoms with Gasteiger partial charge in [-0.2, -0.15) is 0 Å². The molecule has 0 saturated heterocycles. The van der Waals surface area contributed by atoms with Crippen LogP contribution >= 0.6 is 11.8 Å². The highest BCUT2D eigenvalue weighted by atomic mass is 32.2. The van der Waals surface area contributed by atoms with Gasteiger partial charge in [-0.3, -0.25) is 9.59 Å². The van der Waals surface area contributed by atoms with Crippen LogP contribution in [-0.2, 0) is 19.1 Å². The van der Waals surface area contributed by atoms with Gasteiger partial charge < -0.3 is 9.47 Å². The molecule has 0 aromatic heterocycles. The summed E-state index contributed by atoms with van der Waals surface area (Å²) in [5.41, 5.74) is -0.397. The number of carbonyl (C=O) groups excluding carboxylic acids is 2. The van der Waals surface area contributed by atoms with Crippen LogP contribution in [-0.4, -0.2) is 30.2 Å². The van der Waals surface area contributed by atoms with E-state index in [-0.39, 0.29) is 18.5 Å². The molecule has 1 atom stereocenters. The van der Waals surface area contributed by atoms with E-state index in [4.69, 9.17) is 4.74 Å². The van der Waals surface area contributed by atoms with Gasteiger partial charge in [0.2, 0.25) is 0 Å². The maximum Gasteiger partial charge on any atom is 0.303 e. The average molecular weight is 192 g/mol. The Hall–Kier alpha value is -0.710. The first-order valence-electron chi connectivity index (χ1n) is 3.39.